The topological polar surface area (TPSA) is 43.8 Å². The van der Waals surface area contributed by atoms with Gasteiger partial charge in [0.25, 0.3) is 0 Å². The number of nitrogens with two attached hydrogens (primary N) is 1. The van der Waals surface area contributed by atoms with Crippen molar-refractivity contribution in [1.82, 2.24) is 9.55 Å². The molecule has 0 fully saturated rings. The summed E-state index contributed by atoms with van der Waals surface area (Å²) in [4.78, 5) is 4.65. The Labute approximate surface area is 110 Å². The molecule has 1 aromatic heterocycles. The molecule has 4 heteroatoms. The van der Waals surface area contributed by atoms with Crippen molar-refractivity contribution in [2.45, 2.75) is 32.2 Å². The first-order valence-corrected chi connectivity index (χ1v) is 6.56. The molecule has 1 heterocycles. The van der Waals surface area contributed by atoms with Gasteiger partial charge in [-0.3, -0.25) is 0 Å². The van der Waals surface area contributed by atoms with E-state index in [4.69, 9.17) is 5.73 Å². The average Bonchev–Trinajstić information content (AvgIpc) is 2.51. The van der Waals surface area contributed by atoms with Gasteiger partial charge in [0, 0.05) is 23.5 Å². The largest absolute Gasteiger partial charge is 0.331 e. The smallest absolute Gasteiger partial charge is 0.109 e. The summed E-state index contributed by atoms with van der Waals surface area (Å²) in [5.41, 5.74) is 8.07. The van der Waals surface area contributed by atoms with Crippen LogP contribution < -0.4 is 5.73 Å². The summed E-state index contributed by atoms with van der Waals surface area (Å²) >= 11 is 3.47. The van der Waals surface area contributed by atoms with Crippen molar-refractivity contribution in [2.24, 2.45) is 12.8 Å². The van der Waals surface area contributed by atoms with Crippen LogP contribution in [0.5, 0.6) is 0 Å². The van der Waals surface area contributed by atoms with Gasteiger partial charge in [-0.1, -0.05) is 15.9 Å². The fourth-order valence-corrected chi connectivity index (χ4v) is 2.23. The predicted octanol–water partition coefficient (Wildman–Crippen LogP) is 3.01. The Kier molecular flexibility index (Phi) is 3.27. The first-order valence-electron chi connectivity index (χ1n) is 5.76. The molecule has 1 aromatic carbocycles. The fraction of sp³-hybridized carbons (Fsp3) is 0.462. The quantitative estimate of drug-likeness (QED) is 0.946. The van der Waals surface area contributed by atoms with Gasteiger partial charge in [-0.25, -0.2) is 4.98 Å². The number of aromatic nitrogens is 2. The molecule has 2 N–H and O–H groups in total. The summed E-state index contributed by atoms with van der Waals surface area (Å²) in [6.07, 6.45) is 1.84. The molecule has 0 aliphatic heterocycles. The average molecular weight is 296 g/mol. The number of rotatable bonds is 3. The van der Waals surface area contributed by atoms with Crippen molar-refractivity contribution >= 4 is 27.0 Å². The second-order valence-electron chi connectivity index (χ2n) is 5.21. The van der Waals surface area contributed by atoms with Crippen LogP contribution in [-0.4, -0.2) is 15.1 Å². The number of aryl methyl sites for hydroxylation is 2. The summed E-state index contributed by atoms with van der Waals surface area (Å²) < 4.78 is 3.21. The van der Waals surface area contributed by atoms with Gasteiger partial charge in [-0.15, -0.1) is 0 Å². The van der Waals surface area contributed by atoms with Crippen molar-refractivity contribution in [3.63, 3.8) is 0 Å². The number of hydrogen-bond acceptors (Lipinski definition) is 2. The molecule has 3 nitrogen and oxygen atoms in total. The Morgan fingerprint density at radius 2 is 2.12 bits per heavy atom. The minimum absolute atomic E-state index is 0.140. The Morgan fingerprint density at radius 1 is 1.41 bits per heavy atom. The number of fused-ring (bicyclic) bond motifs is 1. The standard InChI is InChI=1S/C13H18BrN3/c1-13(2,15)7-6-12-16-10-8-9(14)4-5-11(10)17(12)3/h4-5,8H,6-7,15H2,1-3H3. The van der Waals surface area contributed by atoms with Gasteiger partial charge in [-0.2, -0.15) is 0 Å². The van der Waals surface area contributed by atoms with E-state index in [1.54, 1.807) is 0 Å². The third-order valence-corrected chi connectivity index (χ3v) is 3.42. The van der Waals surface area contributed by atoms with Gasteiger partial charge in [0.15, 0.2) is 0 Å². The zero-order chi connectivity index (χ0) is 12.6. The van der Waals surface area contributed by atoms with Gasteiger partial charge in [0.1, 0.15) is 5.82 Å². The van der Waals surface area contributed by atoms with E-state index in [1.807, 2.05) is 26.0 Å². The van der Waals surface area contributed by atoms with Crippen molar-refractivity contribution < 1.29 is 0 Å². The number of nitrogens with zero attached hydrogens (tertiary/aromatic N) is 2. The molecule has 0 saturated heterocycles. The van der Waals surface area contributed by atoms with E-state index in [-0.39, 0.29) is 5.54 Å². The number of benzene rings is 1. The van der Waals surface area contributed by atoms with Crippen LogP contribution in [0.1, 0.15) is 26.1 Å². The second kappa shape index (κ2) is 4.42. The molecule has 0 atom stereocenters. The maximum absolute atomic E-state index is 6.01. The molecule has 0 amide bonds. The van der Waals surface area contributed by atoms with E-state index in [0.29, 0.717) is 0 Å². The van der Waals surface area contributed by atoms with Crippen LogP contribution >= 0.6 is 15.9 Å². The molecule has 0 radical (unpaired) electrons. The molecule has 92 valence electrons. The van der Waals surface area contributed by atoms with E-state index < -0.39 is 0 Å². The second-order valence-corrected chi connectivity index (χ2v) is 6.12. The molecule has 0 aliphatic carbocycles. The van der Waals surface area contributed by atoms with Crippen LogP contribution in [0.15, 0.2) is 22.7 Å². The molecular formula is C13H18BrN3. The maximum atomic E-state index is 6.01. The Morgan fingerprint density at radius 3 is 2.76 bits per heavy atom. The highest BCUT2D eigenvalue weighted by Crippen LogP contribution is 2.21. The predicted molar refractivity (Wildman–Crippen MR) is 75.0 cm³/mol. The summed E-state index contributed by atoms with van der Waals surface area (Å²) in [6, 6.07) is 6.18. The van der Waals surface area contributed by atoms with Crippen LogP contribution in [0, 0.1) is 0 Å². The molecular weight excluding hydrogens is 278 g/mol. The lowest BCUT2D eigenvalue weighted by molar-refractivity contribution is 0.468. The normalized spacial score (nSPS) is 12.3. The van der Waals surface area contributed by atoms with Gasteiger partial charge < -0.3 is 10.3 Å². The summed E-state index contributed by atoms with van der Waals surface area (Å²) in [7, 11) is 2.06. The highest BCUT2D eigenvalue weighted by molar-refractivity contribution is 9.10. The summed E-state index contributed by atoms with van der Waals surface area (Å²) in [6.45, 7) is 4.10. The van der Waals surface area contributed by atoms with Crippen LogP contribution in [0.3, 0.4) is 0 Å². The molecule has 17 heavy (non-hydrogen) atoms. The molecule has 0 bridgehead atoms. The van der Waals surface area contributed by atoms with Gasteiger partial charge >= 0.3 is 0 Å². The molecule has 0 spiro atoms. The zero-order valence-electron chi connectivity index (χ0n) is 10.5. The van der Waals surface area contributed by atoms with Crippen molar-refractivity contribution in [3.8, 4) is 0 Å². The highest BCUT2D eigenvalue weighted by Gasteiger charge is 2.14. The van der Waals surface area contributed by atoms with E-state index in [2.05, 4.69) is 38.6 Å². The van der Waals surface area contributed by atoms with E-state index in [1.165, 1.54) is 0 Å². The molecule has 0 unspecified atom stereocenters. The zero-order valence-corrected chi connectivity index (χ0v) is 12.1. The number of hydrogen-bond donors (Lipinski definition) is 1. The van der Waals surface area contributed by atoms with E-state index in [0.717, 1.165) is 34.2 Å². The molecule has 0 aliphatic rings. The number of halogens is 1. The van der Waals surface area contributed by atoms with Gasteiger partial charge in [0.05, 0.1) is 11.0 Å². The molecule has 0 saturated carbocycles. The minimum Gasteiger partial charge on any atom is -0.331 e. The summed E-state index contributed by atoms with van der Waals surface area (Å²) in [5.74, 6) is 1.09. The monoisotopic (exact) mass is 295 g/mol. The maximum Gasteiger partial charge on any atom is 0.109 e. The third-order valence-electron chi connectivity index (χ3n) is 2.93. The van der Waals surface area contributed by atoms with Gasteiger partial charge in [-0.05, 0) is 38.5 Å². The van der Waals surface area contributed by atoms with E-state index in [9.17, 15) is 0 Å². The lowest BCUT2D eigenvalue weighted by Crippen LogP contribution is -2.32. The third kappa shape index (κ3) is 2.87. The van der Waals surface area contributed by atoms with Crippen LogP contribution in [-0.2, 0) is 13.5 Å². The Balaban J connectivity index is 2.32. The van der Waals surface area contributed by atoms with Crippen LogP contribution in [0.25, 0.3) is 11.0 Å². The minimum atomic E-state index is -0.140. The summed E-state index contributed by atoms with van der Waals surface area (Å²) in [5, 5.41) is 0. The first kappa shape index (κ1) is 12.6. The van der Waals surface area contributed by atoms with Crippen LogP contribution in [0.4, 0.5) is 0 Å². The SMILES string of the molecule is Cn1c(CCC(C)(C)N)nc2cc(Br)ccc21. The van der Waals surface area contributed by atoms with Crippen LogP contribution in [0.2, 0.25) is 0 Å². The Bertz CT molecular complexity index is 537. The fourth-order valence-electron chi connectivity index (χ4n) is 1.88. The lowest BCUT2D eigenvalue weighted by atomic mass is 10.00. The lowest BCUT2D eigenvalue weighted by Gasteiger charge is -2.17. The van der Waals surface area contributed by atoms with Crippen molar-refractivity contribution in [3.05, 3.63) is 28.5 Å². The van der Waals surface area contributed by atoms with Gasteiger partial charge in [0.2, 0.25) is 0 Å². The molecule has 2 aromatic rings. The van der Waals surface area contributed by atoms with Crippen molar-refractivity contribution in [1.29, 1.82) is 0 Å². The number of imidazole rings is 1. The highest BCUT2D eigenvalue weighted by atomic mass is 79.9. The molecule has 2 rings (SSSR count). The first-order chi connectivity index (χ1) is 7.87. The van der Waals surface area contributed by atoms with E-state index >= 15 is 0 Å². The van der Waals surface area contributed by atoms with Crippen molar-refractivity contribution in [2.75, 3.05) is 0 Å². The Hall–Kier alpha value is -0.870.